The lowest BCUT2D eigenvalue weighted by atomic mass is 10.4. The van der Waals surface area contributed by atoms with Gasteiger partial charge in [-0.1, -0.05) is 6.92 Å². The smallest absolute Gasteiger partial charge is 0.132 e. The van der Waals surface area contributed by atoms with E-state index in [1.165, 1.54) is 0 Å². The monoisotopic (exact) mass is 246 g/mol. The number of nitrogens with one attached hydrogen (secondary N) is 2. The highest BCUT2D eigenvalue weighted by molar-refractivity contribution is 5.47. The molecule has 96 valence electrons. The average Bonchev–Trinajstić information content (AvgIpc) is 2.91. The van der Waals surface area contributed by atoms with Crippen LogP contribution in [0, 0.1) is 0 Å². The zero-order valence-electron chi connectivity index (χ0n) is 10.7. The lowest BCUT2D eigenvalue weighted by molar-refractivity contribution is 0.724. The van der Waals surface area contributed by atoms with Gasteiger partial charge in [-0.3, -0.25) is 0 Å². The van der Waals surface area contributed by atoms with Gasteiger partial charge in [-0.05, 0) is 0 Å². The van der Waals surface area contributed by atoms with Gasteiger partial charge in [-0.25, -0.2) is 15.0 Å². The molecule has 0 radical (unpaired) electrons. The van der Waals surface area contributed by atoms with Gasteiger partial charge in [0.05, 0.1) is 6.33 Å². The van der Waals surface area contributed by atoms with Crippen molar-refractivity contribution in [2.24, 2.45) is 0 Å². The largest absolute Gasteiger partial charge is 0.373 e. The molecule has 0 aliphatic rings. The zero-order valence-corrected chi connectivity index (χ0v) is 10.7. The minimum atomic E-state index is 0.805. The van der Waals surface area contributed by atoms with Crippen molar-refractivity contribution in [2.45, 2.75) is 19.9 Å². The van der Waals surface area contributed by atoms with Gasteiger partial charge >= 0.3 is 0 Å². The van der Waals surface area contributed by atoms with Crippen LogP contribution in [-0.4, -0.2) is 33.1 Å². The fourth-order valence-electron chi connectivity index (χ4n) is 1.61. The minimum Gasteiger partial charge on any atom is -0.373 e. The molecule has 0 aliphatic heterocycles. The van der Waals surface area contributed by atoms with Crippen LogP contribution in [0.1, 0.15) is 12.7 Å². The van der Waals surface area contributed by atoms with E-state index in [0.29, 0.717) is 0 Å². The molecule has 0 unspecified atom stereocenters. The lowest BCUT2D eigenvalue weighted by Gasteiger charge is -2.09. The van der Waals surface area contributed by atoms with Gasteiger partial charge in [0.1, 0.15) is 17.5 Å². The molecule has 6 nitrogen and oxygen atoms in total. The maximum absolute atomic E-state index is 4.43. The standard InChI is InChI=1S/C12H18N6/c1-3-10-16-11(13-2)8-12(17-10)15-5-7-18-6-4-14-9-18/h4,6,8-9H,3,5,7H2,1-2H3,(H2,13,15,16,17). The van der Waals surface area contributed by atoms with Crippen LogP contribution in [-0.2, 0) is 13.0 Å². The van der Waals surface area contributed by atoms with Gasteiger partial charge in [0, 0.05) is 45.0 Å². The third-order valence-corrected chi connectivity index (χ3v) is 2.58. The van der Waals surface area contributed by atoms with Gasteiger partial charge in [-0.2, -0.15) is 0 Å². The van der Waals surface area contributed by atoms with Crippen molar-refractivity contribution in [3.8, 4) is 0 Å². The Bertz CT molecular complexity index is 457. The summed E-state index contributed by atoms with van der Waals surface area (Å²) in [6.07, 6.45) is 6.35. The van der Waals surface area contributed by atoms with E-state index in [0.717, 1.165) is 37.0 Å². The topological polar surface area (TPSA) is 67.7 Å². The second kappa shape index (κ2) is 6.00. The molecule has 2 heterocycles. The maximum Gasteiger partial charge on any atom is 0.132 e. The molecule has 0 amide bonds. The van der Waals surface area contributed by atoms with E-state index in [1.807, 2.05) is 30.8 Å². The fourth-order valence-corrected chi connectivity index (χ4v) is 1.61. The Kier molecular flexibility index (Phi) is 4.11. The molecule has 2 N–H and O–H groups in total. The number of aryl methyl sites for hydroxylation is 1. The maximum atomic E-state index is 4.43. The third kappa shape index (κ3) is 3.19. The minimum absolute atomic E-state index is 0.805. The van der Waals surface area contributed by atoms with E-state index >= 15 is 0 Å². The molecule has 18 heavy (non-hydrogen) atoms. The first-order valence-electron chi connectivity index (χ1n) is 6.07. The number of nitrogens with zero attached hydrogens (tertiary/aromatic N) is 4. The Labute approximate surface area is 106 Å². The molecule has 0 saturated heterocycles. The van der Waals surface area contributed by atoms with E-state index in [9.17, 15) is 0 Å². The SMILES string of the molecule is CCc1nc(NC)cc(NCCn2ccnc2)n1. The molecule has 0 spiro atoms. The summed E-state index contributed by atoms with van der Waals surface area (Å²) in [5.74, 6) is 2.53. The Morgan fingerprint density at radius 3 is 2.78 bits per heavy atom. The molecule has 0 saturated carbocycles. The first-order valence-corrected chi connectivity index (χ1v) is 6.07. The van der Waals surface area contributed by atoms with Crippen molar-refractivity contribution in [2.75, 3.05) is 24.2 Å². The van der Waals surface area contributed by atoms with Crippen molar-refractivity contribution in [3.05, 3.63) is 30.6 Å². The molecule has 0 fully saturated rings. The number of imidazole rings is 1. The normalized spacial score (nSPS) is 10.3. The quantitative estimate of drug-likeness (QED) is 0.806. The summed E-state index contributed by atoms with van der Waals surface area (Å²) in [7, 11) is 1.86. The second-order valence-electron chi connectivity index (χ2n) is 3.89. The molecule has 0 aromatic carbocycles. The Balaban J connectivity index is 1.95. The average molecular weight is 246 g/mol. The molecular formula is C12H18N6. The highest BCUT2D eigenvalue weighted by Crippen LogP contribution is 2.10. The third-order valence-electron chi connectivity index (χ3n) is 2.58. The summed E-state index contributed by atoms with van der Waals surface area (Å²) < 4.78 is 2.02. The van der Waals surface area contributed by atoms with E-state index in [1.54, 1.807) is 12.5 Å². The van der Waals surface area contributed by atoms with Crippen LogP contribution in [0.5, 0.6) is 0 Å². The lowest BCUT2D eigenvalue weighted by Crippen LogP contribution is -2.11. The van der Waals surface area contributed by atoms with Crippen molar-refractivity contribution in [3.63, 3.8) is 0 Å². The summed E-state index contributed by atoms with van der Waals surface area (Å²) in [5, 5.41) is 6.33. The summed E-state index contributed by atoms with van der Waals surface area (Å²) in [6.45, 7) is 3.71. The molecule has 2 aromatic heterocycles. The van der Waals surface area contributed by atoms with Gasteiger partial charge in [0.2, 0.25) is 0 Å². The molecule has 0 bridgehead atoms. The van der Waals surface area contributed by atoms with Crippen molar-refractivity contribution in [1.82, 2.24) is 19.5 Å². The number of anilines is 2. The summed E-state index contributed by atoms with van der Waals surface area (Å²) in [4.78, 5) is 12.8. The highest BCUT2D eigenvalue weighted by atomic mass is 15.1. The van der Waals surface area contributed by atoms with Crippen LogP contribution in [0.4, 0.5) is 11.6 Å². The molecule has 0 atom stereocenters. The number of hydrogen-bond donors (Lipinski definition) is 2. The molecule has 2 aromatic rings. The van der Waals surface area contributed by atoms with Crippen molar-refractivity contribution in [1.29, 1.82) is 0 Å². The van der Waals surface area contributed by atoms with Gasteiger partial charge < -0.3 is 15.2 Å². The summed E-state index contributed by atoms with van der Waals surface area (Å²) in [6, 6.07) is 1.91. The Hall–Kier alpha value is -2.11. The van der Waals surface area contributed by atoms with Crippen LogP contribution in [0.3, 0.4) is 0 Å². The van der Waals surface area contributed by atoms with E-state index < -0.39 is 0 Å². The molecule has 0 aliphatic carbocycles. The number of hydrogen-bond acceptors (Lipinski definition) is 5. The van der Waals surface area contributed by atoms with Crippen molar-refractivity contribution < 1.29 is 0 Å². The number of rotatable bonds is 6. The van der Waals surface area contributed by atoms with Gasteiger partial charge in [-0.15, -0.1) is 0 Å². The summed E-state index contributed by atoms with van der Waals surface area (Å²) in [5.41, 5.74) is 0. The first kappa shape index (κ1) is 12.3. The second-order valence-corrected chi connectivity index (χ2v) is 3.89. The number of aromatic nitrogens is 4. The predicted molar refractivity (Wildman–Crippen MR) is 71.7 cm³/mol. The van der Waals surface area contributed by atoms with E-state index in [4.69, 9.17) is 0 Å². The van der Waals surface area contributed by atoms with E-state index in [-0.39, 0.29) is 0 Å². The molecular weight excluding hydrogens is 228 g/mol. The van der Waals surface area contributed by atoms with Crippen LogP contribution in [0.15, 0.2) is 24.8 Å². The Morgan fingerprint density at radius 1 is 1.28 bits per heavy atom. The van der Waals surface area contributed by atoms with Crippen LogP contribution in [0.2, 0.25) is 0 Å². The predicted octanol–water partition coefficient (Wildman–Crippen LogP) is 1.39. The van der Waals surface area contributed by atoms with Crippen LogP contribution in [0.25, 0.3) is 0 Å². The fraction of sp³-hybridized carbons (Fsp3) is 0.417. The van der Waals surface area contributed by atoms with Gasteiger partial charge in [0.15, 0.2) is 0 Å². The first-order chi connectivity index (χ1) is 8.81. The van der Waals surface area contributed by atoms with Crippen LogP contribution >= 0.6 is 0 Å². The van der Waals surface area contributed by atoms with Gasteiger partial charge in [0.25, 0.3) is 0 Å². The highest BCUT2D eigenvalue weighted by Gasteiger charge is 2.01. The van der Waals surface area contributed by atoms with E-state index in [2.05, 4.69) is 25.6 Å². The molecule has 2 rings (SSSR count). The zero-order chi connectivity index (χ0) is 12.8. The summed E-state index contributed by atoms with van der Waals surface area (Å²) >= 11 is 0. The van der Waals surface area contributed by atoms with Crippen LogP contribution < -0.4 is 10.6 Å². The van der Waals surface area contributed by atoms with Crippen molar-refractivity contribution >= 4 is 11.6 Å². The Morgan fingerprint density at radius 2 is 2.11 bits per heavy atom. The molecule has 6 heteroatoms.